The molecule has 26 heavy (non-hydrogen) atoms. The number of anilines is 2. The van der Waals surface area contributed by atoms with Gasteiger partial charge in [-0.25, -0.2) is 4.39 Å². The van der Waals surface area contributed by atoms with Gasteiger partial charge in [-0.3, -0.25) is 9.59 Å². The van der Waals surface area contributed by atoms with Gasteiger partial charge in [-0.2, -0.15) is 0 Å². The Labute approximate surface area is 154 Å². The molecule has 0 bridgehead atoms. The minimum atomic E-state index is -0.521. The summed E-state index contributed by atoms with van der Waals surface area (Å²) in [6.07, 6.45) is 3.61. The predicted molar refractivity (Wildman–Crippen MR) is 101 cm³/mol. The molecule has 5 nitrogen and oxygen atoms in total. The summed E-state index contributed by atoms with van der Waals surface area (Å²) in [5.74, 6) is -0.585. The lowest BCUT2D eigenvalue weighted by Crippen LogP contribution is -2.47. The van der Waals surface area contributed by atoms with Crippen LogP contribution in [-0.2, 0) is 9.59 Å². The molecule has 1 unspecified atom stereocenters. The first kappa shape index (κ1) is 18.7. The highest BCUT2D eigenvalue weighted by atomic mass is 19.1. The topological polar surface area (TPSA) is 52.7 Å². The molecule has 2 aliphatic rings. The van der Waals surface area contributed by atoms with Crippen LogP contribution in [0.4, 0.5) is 15.8 Å². The number of benzene rings is 1. The van der Waals surface area contributed by atoms with Crippen LogP contribution in [0.1, 0.15) is 46.5 Å². The van der Waals surface area contributed by atoms with E-state index in [0.717, 1.165) is 32.4 Å². The summed E-state index contributed by atoms with van der Waals surface area (Å²) in [4.78, 5) is 28.9. The lowest BCUT2D eigenvalue weighted by atomic mass is 9.94. The number of likely N-dealkylation sites (tertiary alicyclic amines) is 1. The molecule has 0 saturated carbocycles. The minimum Gasteiger partial charge on any atom is -0.369 e. The fraction of sp³-hybridized carbons (Fsp3) is 0.600. The van der Waals surface area contributed by atoms with Crippen molar-refractivity contribution in [2.24, 2.45) is 5.41 Å². The number of rotatable bonds is 3. The summed E-state index contributed by atoms with van der Waals surface area (Å²) in [5.41, 5.74) is 0.503. The SMILES string of the molecule is CC(C)(C)C(=O)N1CCCC1C(=O)Nc1ccc(N2CCCC2)c(F)c1. The molecule has 2 fully saturated rings. The van der Waals surface area contributed by atoms with E-state index >= 15 is 0 Å². The zero-order valence-corrected chi connectivity index (χ0v) is 15.8. The Balaban J connectivity index is 1.69. The molecule has 2 saturated heterocycles. The highest BCUT2D eigenvalue weighted by Crippen LogP contribution is 2.28. The van der Waals surface area contributed by atoms with E-state index in [-0.39, 0.29) is 17.6 Å². The van der Waals surface area contributed by atoms with Crippen molar-refractivity contribution >= 4 is 23.2 Å². The second-order valence-electron chi connectivity index (χ2n) is 8.26. The molecule has 0 radical (unpaired) electrons. The zero-order chi connectivity index (χ0) is 18.9. The van der Waals surface area contributed by atoms with Crippen LogP contribution in [0.5, 0.6) is 0 Å². The van der Waals surface area contributed by atoms with Crippen LogP contribution in [0, 0.1) is 11.2 Å². The lowest BCUT2D eigenvalue weighted by molar-refractivity contribution is -0.143. The summed E-state index contributed by atoms with van der Waals surface area (Å²) in [5, 5.41) is 2.79. The molecule has 1 aromatic rings. The molecule has 2 aliphatic heterocycles. The highest BCUT2D eigenvalue weighted by Gasteiger charge is 2.38. The molecule has 6 heteroatoms. The number of nitrogens with one attached hydrogen (secondary N) is 1. The monoisotopic (exact) mass is 361 g/mol. The Kier molecular flexibility index (Phi) is 5.21. The number of halogens is 1. The maximum absolute atomic E-state index is 14.4. The Morgan fingerprint density at radius 2 is 1.81 bits per heavy atom. The van der Waals surface area contributed by atoms with Gasteiger partial charge < -0.3 is 15.1 Å². The molecule has 142 valence electrons. The maximum Gasteiger partial charge on any atom is 0.247 e. The van der Waals surface area contributed by atoms with Crippen molar-refractivity contribution in [1.82, 2.24) is 4.90 Å². The van der Waals surface area contributed by atoms with Crippen molar-refractivity contribution in [1.29, 1.82) is 0 Å². The van der Waals surface area contributed by atoms with Crippen LogP contribution in [-0.4, -0.2) is 42.4 Å². The minimum absolute atomic E-state index is 0.0225. The highest BCUT2D eigenvalue weighted by molar-refractivity contribution is 5.98. The molecule has 0 aliphatic carbocycles. The lowest BCUT2D eigenvalue weighted by Gasteiger charge is -2.30. The Morgan fingerprint density at radius 3 is 2.42 bits per heavy atom. The van der Waals surface area contributed by atoms with Gasteiger partial charge in [-0.05, 0) is 43.9 Å². The molecule has 0 spiro atoms. The number of carbonyl (C=O) groups excluding carboxylic acids is 2. The summed E-state index contributed by atoms with van der Waals surface area (Å²) in [6, 6.07) is 4.35. The van der Waals surface area contributed by atoms with Gasteiger partial charge in [0.25, 0.3) is 0 Å². The summed E-state index contributed by atoms with van der Waals surface area (Å²) >= 11 is 0. The molecule has 1 atom stereocenters. The predicted octanol–water partition coefficient (Wildman–Crippen LogP) is 3.40. The van der Waals surface area contributed by atoms with Crippen LogP contribution >= 0.6 is 0 Å². The number of amides is 2. The number of hydrogen-bond donors (Lipinski definition) is 1. The van der Waals surface area contributed by atoms with Crippen molar-refractivity contribution in [2.75, 3.05) is 29.9 Å². The largest absolute Gasteiger partial charge is 0.369 e. The number of nitrogens with zero attached hydrogens (tertiary/aromatic N) is 2. The van der Waals surface area contributed by atoms with Crippen molar-refractivity contribution in [3.05, 3.63) is 24.0 Å². The van der Waals surface area contributed by atoms with E-state index < -0.39 is 11.5 Å². The van der Waals surface area contributed by atoms with E-state index in [2.05, 4.69) is 5.32 Å². The average Bonchev–Trinajstić information content (AvgIpc) is 3.25. The van der Waals surface area contributed by atoms with Crippen molar-refractivity contribution in [3.8, 4) is 0 Å². The molecular weight excluding hydrogens is 333 g/mol. The van der Waals surface area contributed by atoms with Gasteiger partial charge in [0.15, 0.2) is 0 Å². The molecular formula is C20H28FN3O2. The molecule has 1 N–H and O–H groups in total. The van der Waals surface area contributed by atoms with E-state index in [1.165, 1.54) is 6.07 Å². The van der Waals surface area contributed by atoms with Gasteiger partial charge in [0, 0.05) is 30.7 Å². The van der Waals surface area contributed by atoms with Crippen LogP contribution in [0.2, 0.25) is 0 Å². The van der Waals surface area contributed by atoms with Crippen molar-refractivity contribution < 1.29 is 14.0 Å². The Morgan fingerprint density at radius 1 is 1.12 bits per heavy atom. The Hall–Kier alpha value is -2.11. The number of hydrogen-bond acceptors (Lipinski definition) is 3. The van der Waals surface area contributed by atoms with E-state index in [4.69, 9.17) is 0 Å². The normalized spacial score (nSPS) is 20.5. The first-order chi connectivity index (χ1) is 12.3. The van der Waals surface area contributed by atoms with Crippen LogP contribution in [0.25, 0.3) is 0 Å². The van der Waals surface area contributed by atoms with Crippen LogP contribution in [0.15, 0.2) is 18.2 Å². The molecule has 2 heterocycles. The molecule has 2 amide bonds. The third kappa shape index (κ3) is 3.84. The fourth-order valence-electron chi connectivity index (χ4n) is 3.74. The summed E-state index contributed by atoms with van der Waals surface area (Å²) in [6.45, 7) is 7.90. The molecule has 3 rings (SSSR count). The number of carbonyl (C=O) groups is 2. The first-order valence-electron chi connectivity index (χ1n) is 9.44. The molecule has 0 aromatic heterocycles. The van der Waals surface area contributed by atoms with Gasteiger partial charge in [-0.15, -0.1) is 0 Å². The Bertz CT molecular complexity index is 693. The van der Waals surface area contributed by atoms with Gasteiger partial charge in [0.05, 0.1) is 5.69 Å². The van der Waals surface area contributed by atoms with Gasteiger partial charge >= 0.3 is 0 Å². The first-order valence-corrected chi connectivity index (χ1v) is 9.44. The van der Waals surface area contributed by atoms with Crippen LogP contribution in [0.3, 0.4) is 0 Å². The van der Waals surface area contributed by atoms with Gasteiger partial charge in [0.2, 0.25) is 11.8 Å². The van der Waals surface area contributed by atoms with E-state index in [1.54, 1.807) is 17.0 Å². The fourth-order valence-corrected chi connectivity index (χ4v) is 3.74. The third-order valence-corrected chi connectivity index (χ3v) is 5.12. The molecule has 1 aromatic carbocycles. The quantitative estimate of drug-likeness (QED) is 0.898. The maximum atomic E-state index is 14.4. The van der Waals surface area contributed by atoms with Crippen molar-refractivity contribution in [3.63, 3.8) is 0 Å². The second kappa shape index (κ2) is 7.25. The van der Waals surface area contributed by atoms with Crippen molar-refractivity contribution in [2.45, 2.75) is 52.5 Å². The van der Waals surface area contributed by atoms with Gasteiger partial charge in [-0.1, -0.05) is 20.8 Å². The standard InChI is InChI=1S/C20H28FN3O2/c1-20(2,3)19(26)24-12-6-7-17(24)18(25)22-14-8-9-16(15(21)13-14)23-10-4-5-11-23/h8-9,13,17H,4-7,10-12H2,1-3H3,(H,22,25). The second-order valence-corrected chi connectivity index (χ2v) is 8.26. The summed E-state index contributed by atoms with van der Waals surface area (Å²) < 4.78 is 14.4. The average molecular weight is 361 g/mol. The third-order valence-electron chi connectivity index (χ3n) is 5.12. The summed E-state index contributed by atoms with van der Waals surface area (Å²) in [7, 11) is 0. The smallest absolute Gasteiger partial charge is 0.247 e. The van der Waals surface area contributed by atoms with E-state index in [0.29, 0.717) is 24.3 Å². The zero-order valence-electron chi connectivity index (χ0n) is 15.8. The van der Waals surface area contributed by atoms with E-state index in [9.17, 15) is 14.0 Å². The van der Waals surface area contributed by atoms with Crippen LogP contribution < -0.4 is 10.2 Å². The van der Waals surface area contributed by atoms with Gasteiger partial charge in [0.1, 0.15) is 11.9 Å². The van der Waals surface area contributed by atoms with E-state index in [1.807, 2.05) is 25.7 Å².